The van der Waals surface area contributed by atoms with Gasteiger partial charge in [-0.05, 0) is 12.1 Å². The number of ether oxygens (including phenoxy) is 2. The van der Waals surface area contributed by atoms with Crippen molar-refractivity contribution >= 4 is 17.7 Å². The Kier molecular flexibility index (Phi) is 5.16. The second-order valence-corrected chi connectivity index (χ2v) is 5.17. The van der Waals surface area contributed by atoms with Gasteiger partial charge in [0.15, 0.2) is 6.29 Å². The molecule has 11 nitrogen and oxygen atoms in total. The minimum atomic E-state index is -0.651. The number of benzene rings is 2. The fraction of sp³-hybridized carbons (Fsp3) is 0. The number of carbonyl (C=O) groups is 1. The van der Waals surface area contributed by atoms with Crippen molar-refractivity contribution in [1.29, 1.82) is 0 Å². The molecule has 0 radical (unpaired) electrons. The zero-order valence-electron chi connectivity index (χ0n) is 13.9. The number of rotatable bonds is 7. The van der Waals surface area contributed by atoms with Gasteiger partial charge in [-0.2, -0.15) is 0 Å². The number of hydrogen-bond acceptors (Lipinski definition) is 9. The SMILES string of the molecule is O=Cc1c(Oc2ccccc2[N+](=O)[O-])ncnc1Oc1ccccc1[N+](=O)[O-]. The lowest BCUT2D eigenvalue weighted by Gasteiger charge is -2.10. The molecule has 0 unspecified atom stereocenters. The molecule has 0 fully saturated rings. The molecule has 0 atom stereocenters. The van der Waals surface area contributed by atoms with Crippen molar-refractivity contribution in [2.45, 2.75) is 0 Å². The van der Waals surface area contributed by atoms with Crippen LogP contribution in [0.1, 0.15) is 10.4 Å². The van der Waals surface area contributed by atoms with Crippen LogP contribution < -0.4 is 9.47 Å². The molecule has 2 aromatic carbocycles. The summed E-state index contributed by atoms with van der Waals surface area (Å²) in [6, 6.07) is 11.0. The molecule has 0 bridgehead atoms. The largest absolute Gasteiger partial charge is 0.431 e. The van der Waals surface area contributed by atoms with Gasteiger partial charge in [0.2, 0.25) is 23.3 Å². The molecule has 0 aliphatic carbocycles. The third-order valence-electron chi connectivity index (χ3n) is 3.47. The van der Waals surface area contributed by atoms with Gasteiger partial charge < -0.3 is 9.47 Å². The normalized spacial score (nSPS) is 10.1. The predicted molar refractivity (Wildman–Crippen MR) is 93.8 cm³/mol. The van der Waals surface area contributed by atoms with Crippen LogP contribution in [-0.4, -0.2) is 26.1 Å². The number of para-hydroxylation sites is 4. The predicted octanol–water partition coefficient (Wildman–Crippen LogP) is 3.69. The van der Waals surface area contributed by atoms with Gasteiger partial charge in [-0.3, -0.25) is 25.0 Å². The second kappa shape index (κ2) is 7.86. The zero-order chi connectivity index (χ0) is 20.1. The van der Waals surface area contributed by atoms with Crippen molar-refractivity contribution < 1.29 is 24.1 Å². The van der Waals surface area contributed by atoms with Crippen molar-refractivity contribution in [1.82, 2.24) is 9.97 Å². The fourth-order valence-corrected chi connectivity index (χ4v) is 2.22. The summed E-state index contributed by atoms with van der Waals surface area (Å²) in [4.78, 5) is 40.1. The van der Waals surface area contributed by atoms with Gasteiger partial charge in [-0.25, -0.2) is 9.97 Å². The van der Waals surface area contributed by atoms with Gasteiger partial charge in [0.25, 0.3) is 0 Å². The lowest BCUT2D eigenvalue weighted by molar-refractivity contribution is -0.385. The lowest BCUT2D eigenvalue weighted by atomic mass is 10.3. The van der Waals surface area contributed by atoms with E-state index in [-0.39, 0.29) is 40.2 Å². The Morgan fingerprint density at radius 3 is 1.61 bits per heavy atom. The van der Waals surface area contributed by atoms with Crippen LogP contribution in [0.25, 0.3) is 0 Å². The van der Waals surface area contributed by atoms with Gasteiger partial charge in [-0.1, -0.05) is 24.3 Å². The highest BCUT2D eigenvalue weighted by atomic mass is 16.6. The van der Waals surface area contributed by atoms with Crippen LogP contribution in [0.2, 0.25) is 0 Å². The summed E-state index contributed by atoms with van der Waals surface area (Å²) in [5, 5.41) is 22.2. The average molecular weight is 382 g/mol. The van der Waals surface area contributed by atoms with Crippen molar-refractivity contribution in [3.63, 3.8) is 0 Å². The molecular formula is C17H10N4O7. The third-order valence-corrected chi connectivity index (χ3v) is 3.47. The molecule has 140 valence electrons. The van der Waals surface area contributed by atoms with E-state index in [0.29, 0.717) is 6.29 Å². The highest BCUT2D eigenvalue weighted by Gasteiger charge is 2.22. The van der Waals surface area contributed by atoms with Gasteiger partial charge in [-0.15, -0.1) is 0 Å². The van der Waals surface area contributed by atoms with E-state index in [1.807, 2.05) is 0 Å². The van der Waals surface area contributed by atoms with Crippen molar-refractivity contribution in [3.05, 3.63) is 80.7 Å². The van der Waals surface area contributed by atoms with Gasteiger partial charge in [0, 0.05) is 12.1 Å². The number of aromatic nitrogens is 2. The summed E-state index contributed by atoms with van der Waals surface area (Å²) in [6.45, 7) is 0. The first-order chi connectivity index (χ1) is 13.5. The van der Waals surface area contributed by atoms with Crippen LogP contribution in [-0.2, 0) is 0 Å². The minimum Gasteiger partial charge on any atom is -0.431 e. The maximum atomic E-state index is 11.6. The van der Waals surface area contributed by atoms with E-state index in [9.17, 15) is 25.0 Å². The van der Waals surface area contributed by atoms with Gasteiger partial charge in [0.05, 0.1) is 9.85 Å². The van der Waals surface area contributed by atoms with Crippen molar-refractivity contribution in [2.75, 3.05) is 0 Å². The second-order valence-electron chi connectivity index (χ2n) is 5.17. The first-order valence-corrected chi connectivity index (χ1v) is 7.64. The smallest absolute Gasteiger partial charge is 0.311 e. The molecular weight excluding hydrogens is 372 g/mol. The molecule has 28 heavy (non-hydrogen) atoms. The zero-order valence-corrected chi connectivity index (χ0v) is 13.9. The summed E-state index contributed by atoms with van der Waals surface area (Å²) in [5.41, 5.74) is -0.933. The molecule has 0 aliphatic rings. The Bertz CT molecular complexity index is 993. The Morgan fingerprint density at radius 1 is 0.786 bits per heavy atom. The topological polar surface area (TPSA) is 148 Å². The summed E-state index contributed by atoms with van der Waals surface area (Å²) in [7, 11) is 0. The maximum Gasteiger partial charge on any atom is 0.311 e. The van der Waals surface area contributed by atoms with Crippen LogP contribution in [0.4, 0.5) is 11.4 Å². The van der Waals surface area contributed by atoms with Crippen LogP contribution in [0, 0.1) is 20.2 Å². The van der Waals surface area contributed by atoms with E-state index >= 15 is 0 Å². The number of nitrogens with zero attached hydrogens (tertiary/aromatic N) is 4. The Hall–Kier alpha value is -4.41. The average Bonchev–Trinajstić information content (AvgIpc) is 2.69. The highest BCUT2D eigenvalue weighted by Crippen LogP contribution is 2.36. The van der Waals surface area contributed by atoms with E-state index in [4.69, 9.17) is 9.47 Å². The molecule has 0 amide bonds. The molecule has 11 heteroatoms. The quantitative estimate of drug-likeness (QED) is 0.339. The summed E-state index contributed by atoms with van der Waals surface area (Å²) in [5.74, 6) is -0.891. The number of nitro benzene ring substituents is 2. The summed E-state index contributed by atoms with van der Waals surface area (Å²) in [6.07, 6.45) is 1.33. The highest BCUT2D eigenvalue weighted by molar-refractivity contribution is 5.82. The van der Waals surface area contributed by atoms with Crippen LogP contribution in [0.5, 0.6) is 23.3 Å². The fourth-order valence-electron chi connectivity index (χ4n) is 2.22. The summed E-state index contributed by atoms with van der Waals surface area (Å²) >= 11 is 0. The molecule has 3 aromatic rings. The number of aldehydes is 1. The minimum absolute atomic E-state index is 0.147. The van der Waals surface area contributed by atoms with Gasteiger partial charge >= 0.3 is 11.4 Å². The Labute approximate surface area is 156 Å². The molecule has 0 aliphatic heterocycles. The van der Waals surface area contributed by atoms with Crippen molar-refractivity contribution in [2.24, 2.45) is 0 Å². The van der Waals surface area contributed by atoms with E-state index in [0.717, 1.165) is 6.33 Å². The van der Waals surface area contributed by atoms with Crippen molar-refractivity contribution in [3.8, 4) is 23.3 Å². The molecule has 0 N–H and O–H groups in total. The first kappa shape index (κ1) is 18.4. The van der Waals surface area contributed by atoms with E-state index < -0.39 is 9.85 Å². The van der Waals surface area contributed by atoms with Crippen LogP contribution >= 0.6 is 0 Å². The molecule has 1 aromatic heterocycles. The Morgan fingerprint density at radius 2 is 1.21 bits per heavy atom. The lowest BCUT2D eigenvalue weighted by Crippen LogP contribution is -2.02. The van der Waals surface area contributed by atoms with Crippen LogP contribution in [0.15, 0.2) is 54.9 Å². The van der Waals surface area contributed by atoms with Crippen LogP contribution in [0.3, 0.4) is 0 Å². The molecule has 0 saturated heterocycles. The first-order valence-electron chi connectivity index (χ1n) is 7.64. The molecule has 1 heterocycles. The Balaban J connectivity index is 2.00. The van der Waals surface area contributed by atoms with E-state index in [1.165, 1.54) is 48.5 Å². The maximum absolute atomic E-state index is 11.6. The van der Waals surface area contributed by atoms with E-state index in [2.05, 4.69) is 9.97 Å². The third kappa shape index (κ3) is 3.72. The number of hydrogen-bond donors (Lipinski definition) is 0. The van der Waals surface area contributed by atoms with E-state index in [1.54, 1.807) is 0 Å². The number of carbonyl (C=O) groups excluding carboxylic acids is 1. The molecule has 3 rings (SSSR count). The van der Waals surface area contributed by atoms with Gasteiger partial charge in [0.1, 0.15) is 11.9 Å². The molecule has 0 spiro atoms. The molecule has 0 saturated carbocycles. The standard InChI is InChI=1S/C17H10N4O7/c22-9-11-16(27-14-7-3-1-5-12(14)20(23)24)18-10-19-17(11)28-15-8-4-2-6-13(15)21(25)26/h1-10H. The number of nitro groups is 2. The monoisotopic (exact) mass is 382 g/mol. The summed E-state index contributed by atoms with van der Waals surface area (Å²) < 4.78 is 10.8.